The van der Waals surface area contributed by atoms with Crippen molar-refractivity contribution in [3.05, 3.63) is 35.9 Å². The van der Waals surface area contributed by atoms with E-state index in [1.54, 1.807) is 4.90 Å². The van der Waals surface area contributed by atoms with Crippen molar-refractivity contribution >= 4 is 11.9 Å². The van der Waals surface area contributed by atoms with E-state index in [0.29, 0.717) is 18.8 Å². The third-order valence-corrected chi connectivity index (χ3v) is 5.11. The highest BCUT2D eigenvalue weighted by atomic mass is 16.4. The standard InChI is InChI=1S/C18H23NO3/c20-17(11-4-8-13-6-2-1-3-7-13)19-15-10-5-9-14(15)12-16(19)18(21)22/h1-3,6-7,14-16H,4-5,8-12H2,(H,21,22)/t14-,15-,16-/m0/s1. The van der Waals surface area contributed by atoms with E-state index in [-0.39, 0.29) is 11.9 Å². The van der Waals surface area contributed by atoms with Crippen LogP contribution in [0.2, 0.25) is 0 Å². The van der Waals surface area contributed by atoms with Crippen molar-refractivity contribution in [3.8, 4) is 0 Å². The van der Waals surface area contributed by atoms with E-state index in [1.807, 2.05) is 18.2 Å². The van der Waals surface area contributed by atoms with Gasteiger partial charge in [0.1, 0.15) is 6.04 Å². The molecule has 0 spiro atoms. The lowest BCUT2D eigenvalue weighted by molar-refractivity contribution is -0.149. The van der Waals surface area contributed by atoms with Gasteiger partial charge in [0.25, 0.3) is 0 Å². The van der Waals surface area contributed by atoms with Crippen LogP contribution in [0.25, 0.3) is 0 Å². The first kappa shape index (κ1) is 15.1. The fourth-order valence-corrected chi connectivity index (χ4v) is 4.09. The maximum Gasteiger partial charge on any atom is 0.326 e. The van der Waals surface area contributed by atoms with Gasteiger partial charge in [0.05, 0.1) is 0 Å². The summed E-state index contributed by atoms with van der Waals surface area (Å²) >= 11 is 0. The molecule has 1 aliphatic carbocycles. The second-order valence-corrected chi connectivity index (χ2v) is 6.49. The summed E-state index contributed by atoms with van der Waals surface area (Å²) in [7, 11) is 0. The highest BCUT2D eigenvalue weighted by Gasteiger charge is 2.48. The number of aliphatic carboxylic acids is 1. The van der Waals surface area contributed by atoms with Gasteiger partial charge in [-0.05, 0) is 43.6 Å². The van der Waals surface area contributed by atoms with Crippen LogP contribution in [0.15, 0.2) is 30.3 Å². The molecule has 4 nitrogen and oxygen atoms in total. The van der Waals surface area contributed by atoms with E-state index in [4.69, 9.17) is 0 Å². The molecule has 2 fully saturated rings. The van der Waals surface area contributed by atoms with E-state index < -0.39 is 12.0 Å². The van der Waals surface area contributed by atoms with Crippen LogP contribution in [0.5, 0.6) is 0 Å². The fourth-order valence-electron chi connectivity index (χ4n) is 4.09. The monoisotopic (exact) mass is 301 g/mol. The molecule has 3 atom stereocenters. The van der Waals surface area contributed by atoms with E-state index in [1.165, 1.54) is 5.56 Å². The molecule has 0 aromatic heterocycles. The Balaban J connectivity index is 1.59. The number of carbonyl (C=O) groups is 2. The number of carboxylic acid groups (broad SMARTS) is 1. The predicted octanol–water partition coefficient (Wildman–Crippen LogP) is 2.86. The number of hydrogen-bond donors (Lipinski definition) is 1. The molecule has 2 aliphatic rings. The normalized spacial score (nSPS) is 26.9. The summed E-state index contributed by atoms with van der Waals surface area (Å²) in [4.78, 5) is 25.7. The van der Waals surface area contributed by atoms with Crippen molar-refractivity contribution < 1.29 is 14.7 Å². The quantitative estimate of drug-likeness (QED) is 0.910. The molecule has 1 aromatic carbocycles. The van der Waals surface area contributed by atoms with Crippen LogP contribution in [0.1, 0.15) is 44.1 Å². The van der Waals surface area contributed by atoms with Crippen LogP contribution in [-0.4, -0.2) is 34.0 Å². The number of likely N-dealkylation sites (tertiary alicyclic amines) is 1. The van der Waals surface area contributed by atoms with Crippen molar-refractivity contribution in [1.82, 2.24) is 4.90 Å². The lowest BCUT2D eigenvalue weighted by atomic mass is 10.0. The van der Waals surface area contributed by atoms with Gasteiger partial charge in [0.2, 0.25) is 5.91 Å². The summed E-state index contributed by atoms with van der Waals surface area (Å²) in [6, 6.07) is 9.68. The molecule has 0 unspecified atom stereocenters. The molecule has 1 saturated heterocycles. The van der Waals surface area contributed by atoms with E-state index >= 15 is 0 Å². The number of hydrogen-bond acceptors (Lipinski definition) is 2. The molecular formula is C18H23NO3. The van der Waals surface area contributed by atoms with Crippen molar-refractivity contribution in [2.24, 2.45) is 5.92 Å². The molecule has 1 amide bonds. The Labute approximate surface area is 131 Å². The average Bonchev–Trinajstić information content (AvgIpc) is 3.08. The summed E-state index contributed by atoms with van der Waals surface area (Å²) in [5, 5.41) is 9.40. The van der Waals surface area contributed by atoms with Crippen molar-refractivity contribution in [1.29, 1.82) is 0 Å². The van der Waals surface area contributed by atoms with E-state index in [9.17, 15) is 14.7 Å². The number of nitrogens with zero attached hydrogens (tertiary/aromatic N) is 1. The average molecular weight is 301 g/mol. The lowest BCUT2D eigenvalue weighted by Crippen LogP contribution is -2.44. The first-order chi connectivity index (χ1) is 10.7. The minimum absolute atomic E-state index is 0.0257. The van der Waals surface area contributed by atoms with Gasteiger partial charge in [-0.3, -0.25) is 4.79 Å². The number of benzene rings is 1. The molecule has 4 heteroatoms. The Bertz CT molecular complexity index is 543. The first-order valence-corrected chi connectivity index (χ1v) is 8.24. The second-order valence-electron chi connectivity index (χ2n) is 6.49. The van der Waals surface area contributed by atoms with Crippen molar-refractivity contribution in [2.75, 3.05) is 0 Å². The summed E-state index contributed by atoms with van der Waals surface area (Å²) in [6.45, 7) is 0. The zero-order chi connectivity index (χ0) is 15.5. The molecule has 1 aliphatic heterocycles. The highest BCUT2D eigenvalue weighted by molar-refractivity contribution is 5.84. The van der Waals surface area contributed by atoms with Crippen LogP contribution >= 0.6 is 0 Å². The van der Waals surface area contributed by atoms with Crippen LogP contribution in [-0.2, 0) is 16.0 Å². The molecule has 1 heterocycles. The Morgan fingerprint density at radius 3 is 2.68 bits per heavy atom. The van der Waals surface area contributed by atoms with Crippen LogP contribution in [0.3, 0.4) is 0 Å². The highest BCUT2D eigenvalue weighted by Crippen LogP contribution is 2.41. The molecule has 0 radical (unpaired) electrons. The Hall–Kier alpha value is -1.84. The smallest absolute Gasteiger partial charge is 0.326 e. The summed E-state index contributed by atoms with van der Waals surface area (Å²) in [6.07, 6.45) is 5.90. The summed E-state index contributed by atoms with van der Waals surface area (Å²) < 4.78 is 0. The minimum Gasteiger partial charge on any atom is -0.480 e. The zero-order valence-corrected chi connectivity index (χ0v) is 12.8. The molecular weight excluding hydrogens is 278 g/mol. The van der Waals surface area contributed by atoms with Gasteiger partial charge in [-0.1, -0.05) is 36.8 Å². The SMILES string of the molecule is O=C(O)[C@@H]1C[C@@H]2CCC[C@@H]2N1C(=O)CCCc1ccccc1. The maximum absolute atomic E-state index is 12.6. The number of carboxylic acids is 1. The topological polar surface area (TPSA) is 57.6 Å². The number of aryl methyl sites for hydroxylation is 1. The van der Waals surface area contributed by atoms with Gasteiger partial charge < -0.3 is 10.0 Å². The van der Waals surface area contributed by atoms with Gasteiger partial charge in [0.15, 0.2) is 0 Å². The van der Waals surface area contributed by atoms with E-state index in [2.05, 4.69) is 12.1 Å². The minimum atomic E-state index is -0.842. The summed E-state index contributed by atoms with van der Waals surface area (Å²) in [5.41, 5.74) is 1.23. The zero-order valence-electron chi connectivity index (χ0n) is 12.8. The molecule has 1 saturated carbocycles. The molecule has 1 aromatic rings. The number of rotatable bonds is 5. The van der Waals surface area contributed by atoms with Crippen LogP contribution in [0.4, 0.5) is 0 Å². The van der Waals surface area contributed by atoms with Crippen molar-refractivity contribution in [2.45, 2.75) is 57.0 Å². The Kier molecular flexibility index (Phi) is 4.46. The third-order valence-electron chi connectivity index (χ3n) is 5.11. The van der Waals surface area contributed by atoms with Gasteiger partial charge >= 0.3 is 5.97 Å². The fraction of sp³-hybridized carbons (Fsp3) is 0.556. The number of fused-ring (bicyclic) bond motifs is 1. The number of amides is 1. The summed E-state index contributed by atoms with van der Waals surface area (Å²) in [5.74, 6) is -0.414. The maximum atomic E-state index is 12.6. The van der Waals surface area contributed by atoms with Crippen molar-refractivity contribution in [3.63, 3.8) is 0 Å². The van der Waals surface area contributed by atoms with Gasteiger partial charge in [-0.15, -0.1) is 0 Å². The lowest BCUT2D eigenvalue weighted by Gasteiger charge is -2.27. The van der Waals surface area contributed by atoms with Crippen LogP contribution < -0.4 is 0 Å². The Morgan fingerprint density at radius 1 is 1.18 bits per heavy atom. The third kappa shape index (κ3) is 3.01. The predicted molar refractivity (Wildman–Crippen MR) is 83.4 cm³/mol. The van der Waals surface area contributed by atoms with Gasteiger partial charge in [0, 0.05) is 12.5 Å². The molecule has 3 rings (SSSR count). The largest absolute Gasteiger partial charge is 0.480 e. The van der Waals surface area contributed by atoms with Gasteiger partial charge in [-0.2, -0.15) is 0 Å². The molecule has 118 valence electrons. The first-order valence-electron chi connectivity index (χ1n) is 8.24. The van der Waals surface area contributed by atoms with Gasteiger partial charge in [-0.25, -0.2) is 4.79 Å². The Morgan fingerprint density at radius 2 is 1.95 bits per heavy atom. The van der Waals surface area contributed by atoms with E-state index in [0.717, 1.165) is 32.1 Å². The number of carbonyl (C=O) groups excluding carboxylic acids is 1. The molecule has 22 heavy (non-hydrogen) atoms. The molecule has 0 bridgehead atoms. The molecule has 1 N–H and O–H groups in total. The second kappa shape index (κ2) is 6.51. The van der Waals surface area contributed by atoms with Crippen LogP contribution in [0, 0.1) is 5.92 Å².